The summed E-state index contributed by atoms with van der Waals surface area (Å²) in [6.45, 7) is 3.17. The first-order valence-electron chi connectivity index (χ1n) is 8.33. The molecule has 1 N–H and O–H groups in total. The second-order valence-electron chi connectivity index (χ2n) is 6.56. The van der Waals surface area contributed by atoms with Gasteiger partial charge in [-0.05, 0) is 31.9 Å². The summed E-state index contributed by atoms with van der Waals surface area (Å²) < 4.78 is 0. The highest BCUT2D eigenvalue weighted by molar-refractivity contribution is 6.04. The van der Waals surface area contributed by atoms with Crippen molar-refractivity contribution >= 4 is 17.7 Å². The number of imide groups is 1. The third kappa shape index (κ3) is 3.27. The first-order chi connectivity index (χ1) is 12.0. The molecule has 25 heavy (non-hydrogen) atoms. The Labute approximate surface area is 146 Å². The Morgan fingerprint density at radius 2 is 2.08 bits per heavy atom. The van der Waals surface area contributed by atoms with E-state index in [0.717, 1.165) is 5.06 Å². The quantitative estimate of drug-likeness (QED) is 0.801. The molecular weight excluding hydrogens is 324 g/mol. The summed E-state index contributed by atoms with van der Waals surface area (Å²) in [7, 11) is 1.33. The van der Waals surface area contributed by atoms with Crippen LogP contribution in [0.2, 0.25) is 0 Å². The van der Waals surface area contributed by atoms with E-state index < -0.39 is 5.41 Å². The molecule has 0 aromatic carbocycles. The smallest absolute Gasteiger partial charge is 0.260 e. The number of carbonyl (C=O) groups excluding carboxylic acids is 3. The molecule has 1 aromatic heterocycles. The first kappa shape index (κ1) is 17.5. The number of rotatable bonds is 4. The van der Waals surface area contributed by atoms with Crippen molar-refractivity contribution in [2.75, 3.05) is 20.2 Å². The van der Waals surface area contributed by atoms with Crippen molar-refractivity contribution in [1.82, 2.24) is 20.3 Å². The van der Waals surface area contributed by atoms with Crippen LogP contribution in [0.3, 0.4) is 0 Å². The summed E-state index contributed by atoms with van der Waals surface area (Å²) in [6.07, 6.45) is 4.32. The predicted molar refractivity (Wildman–Crippen MR) is 87.9 cm³/mol. The average molecular weight is 346 g/mol. The SMILES string of the molecule is CON1C(=O)CC2(CCN(C(C)NC(=O)c3cccnc3)CC2)C1=O. The number of nitrogens with one attached hydrogen (secondary N) is 1. The van der Waals surface area contributed by atoms with E-state index in [0.29, 0.717) is 31.5 Å². The molecule has 3 rings (SSSR count). The zero-order valence-corrected chi connectivity index (χ0v) is 14.4. The number of carbonyl (C=O) groups is 3. The fourth-order valence-corrected chi connectivity index (χ4v) is 3.54. The standard InChI is InChI=1S/C17H22N4O4/c1-12(19-15(23)13-4-3-7-18-11-13)20-8-5-17(6-9-20)10-14(22)21(25-2)16(17)24/h3-4,7,11-12H,5-6,8-10H2,1-2H3,(H,19,23). The van der Waals surface area contributed by atoms with E-state index in [2.05, 4.69) is 15.2 Å². The highest BCUT2D eigenvalue weighted by Gasteiger charge is 2.53. The lowest BCUT2D eigenvalue weighted by Gasteiger charge is -2.40. The predicted octanol–water partition coefficient (Wildman–Crippen LogP) is 0.560. The Morgan fingerprint density at radius 1 is 1.36 bits per heavy atom. The Morgan fingerprint density at radius 3 is 2.64 bits per heavy atom. The van der Waals surface area contributed by atoms with Crippen LogP contribution in [0, 0.1) is 5.41 Å². The average Bonchev–Trinajstić information content (AvgIpc) is 2.85. The molecule has 134 valence electrons. The van der Waals surface area contributed by atoms with Crippen molar-refractivity contribution in [2.24, 2.45) is 5.41 Å². The van der Waals surface area contributed by atoms with E-state index in [1.165, 1.54) is 13.3 Å². The van der Waals surface area contributed by atoms with Gasteiger partial charge in [0.2, 0.25) is 0 Å². The van der Waals surface area contributed by atoms with Crippen molar-refractivity contribution < 1.29 is 19.2 Å². The maximum absolute atomic E-state index is 12.4. The molecule has 2 saturated heterocycles. The lowest BCUT2D eigenvalue weighted by atomic mass is 9.77. The van der Waals surface area contributed by atoms with Gasteiger partial charge in [0.1, 0.15) is 0 Å². The number of aromatic nitrogens is 1. The Bertz CT molecular complexity index is 670. The van der Waals surface area contributed by atoms with E-state index in [1.54, 1.807) is 18.3 Å². The van der Waals surface area contributed by atoms with Crippen LogP contribution in [-0.4, -0.2) is 59.0 Å². The summed E-state index contributed by atoms with van der Waals surface area (Å²) in [5.41, 5.74) is -0.147. The van der Waals surface area contributed by atoms with E-state index in [4.69, 9.17) is 4.84 Å². The van der Waals surface area contributed by atoms with Gasteiger partial charge in [0, 0.05) is 31.9 Å². The summed E-state index contributed by atoms with van der Waals surface area (Å²) in [5.74, 6) is -0.704. The minimum atomic E-state index is -0.656. The fraction of sp³-hybridized carbons (Fsp3) is 0.529. The zero-order chi connectivity index (χ0) is 18.0. The van der Waals surface area contributed by atoms with Crippen molar-refractivity contribution in [1.29, 1.82) is 0 Å². The van der Waals surface area contributed by atoms with Crippen LogP contribution in [0.5, 0.6) is 0 Å². The number of nitrogens with zero attached hydrogens (tertiary/aromatic N) is 3. The molecule has 0 aliphatic carbocycles. The van der Waals surface area contributed by atoms with Crippen LogP contribution in [-0.2, 0) is 14.4 Å². The van der Waals surface area contributed by atoms with Crippen LogP contribution in [0.4, 0.5) is 0 Å². The molecule has 2 fully saturated rings. The molecule has 1 spiro atoms. The van der Waals surface area contributed by atoms with Crippen LogP contribution < -0.4 is 5.32 Å². The largest absolute Gasteiger partial charge is 0.337 e. The Kier molecular flexibility index (Phi) is 4.82. The van der Waals surface area contributed by atoms with E-state index in [9.17, 15) is 14.4 Å². The number of hydrogen-bond donors (Lipinski definition) is 1. The van der Waals surface area contributed by atoms with Gasteiger partial charge in [-0.3, -0.25) is 29.1 Å². The molecule has 1 unspecified atom stereocenters. The maximum Gasteiger partial charge on any atom is 0.260 e. The third-order valence-electron chi connectivity index (χ3n) is 5.10. The van der Waals surface area contributed by atoms with Crippen LogP contribution in [0.1, 0.15) is 36.5 Å². The third-order valence-corrected chi connectivity index (χ3v) is 5.10. The molecule has 1 atom stereocenters. The molecule has 1 aromatic rings. The van der Waals surface area contributed by atoms with Crippen LogP contribution in [0.25, 0.3) is 0 Å². The summed E-state index contributed by atoms with van der Waals surface area (Å²) >= 11 is 0. The van der Waals surface area contributed by atoms with Crippen molar-refractivity contribution in [3.8, 4) is 0 Å². The van der Waals surface area contributed by atoms with Gasteiger partial charge in [-0.1, -0.05) is 0 Å². The number of piperidine rings is 1. The van der Waals surface area contributed by atoms with Crippen LogP contribution >= 0.6 is 0 Å². The highest BCUT2D eigenvalue weighted by Crippen LogP contribution is 2.42. The zero-order valence-electron chi connectivity index (χ0n) is 14.4. The van der Waals surface area contributed by atoms with E-state index in [1.807, 2.05) is 6.92 Å². The number of pyridine rings is 1. The molecule has 3 heterocycles. The number of hydroxylamine groups is 2. The van der Waals surface area contributed by atoms with Gasteiger partial charge < -0.3 is 5.32 Å². The summed E-state index contributed by atoms with van der Waals surface area (Å²) in [5, 5.41) is 3.82. The topological polar surface area (TPSA) is 91.8 Å². The molecule has 2 aliphatic heterocycles. The maximum atomic E-state index is 12.4. The van der Waals surface area contributed by atoms with Gasteiger partial charge in [-0.15, -0.1) is 0 Å². The van der Waals surface area contributed by atoms with Gasteiger partial charge in [0.15, 0.2) is 0 Å². The minimum Gasteiger partial charge on any atom is -0.337 e. The van der Waals surface area contributed by atoms with Gasteiger partial charge in [-0.2, -0.15) is 5.06 Å². The van der Waals surface area contributed by atoms with Gasteiger partial charge in [0.05, 0.1) is 24.3 Å². The van der Waals surface area contributed by atoms with E-state index >= 15 is 0 Å². The number of hydrogen-bond acceptors (Lipinski definition) is 6. The van der Waals surface area contributed by atoms with Gasteiger partial charge in [0.25, 0.3) is 17.7 Å². The Hall–Kier alpha value is -2.32. The molecule has 2 aliphatic rings. The molecule has 0 radical (unpaired) electrons. The van der Waals surface area contributed by atoms with Gasteiger partial charge in [-0.25, -0.2) is 0 Å². The monoisotopic (exact) mass is 346 g/mol. The van der Waals surface area contributed by atoms with Crippen molar-refractivity contribution in [3.63, 3.8) is 0 Å². The molecule has 8 heteroatoms. The van der Waals surface area contributed by atoms with E-state index in [-0.39, 0.29) is 30.3 Å². The first-order valence-corrected chi connectivity index (χ1v) is 8.33. The summed E-state index contributed by atoms with van der Waals surface area (Å²) in [4.78, 5) is 47.5. The van der Waals surface area contributed by atoms with Crippen molar-refractivity contribution in [2.45, 2.75) is 32.4 Å². The number of likely N-dealkylation sites (tertiary alicyclic amines) is 1. The number of amides is 3. The lowest BCUT2D eigenvalue weighted by Crippen LogP contribution is -2.52. The summed E-state index contributed by atoms with van der Waals surface area (Å²) in [6, 6.07) is 3.43. The van der Waals surface area contributed by atoms with Crippen LogP contribution in [0.15, 0.2) is 24.5 Å². The molecule has 3 amide bonds. The lowest BCUT2D eigenvalue weighted by molar-refractivity contribution is -0.183. The molecular formula is C17H22N4O4. The Balaban J connectivity index is 1.58. The molecule has 0 bridgehead atoms. The second-order valence-corrected chi connectivity index (χ2v) is 6.56. The molecule has 0 saturated carbocycles. The normalized spacial score (nSPS) is 21.6. The van der Waals surface area contributed by atoms with Crippen molar-refractivity contribution in [3.05, 3.63) is 30.1 Å². The molecule has 8 nitrogen and oxygen atoms in total. The second kappa shape index (κ2) is 6.89. The highest BCUT2D eigenvalue weighted by atomic mass is 16.7. The van der Waals surface area contributed by atoms with Gasteiger partial charge >= 0.3 is 0 Å². The minimum absolute atomic E-state index is 0.171. The fourth-order valence-electron chi connectivity index (χ4n) is 3.54.